The summed E-state index contributed by atoms with van der Waals surface area (Å²) in [6.45, 7) is 1.70. The Balaban J connectivity index is 2.40. The van der Waals surface area contributed by atoms with Crippen molar-refractivity contribution in [1.82, 2.24) is 0 Å². The highest BCUT2D eigenvalue weighted by Crippen LogP contribution is 2.30. The Morgan fingerprint density at radius 1 is 1.23 bits per heavy atom. The molecule has 116 valence electrons. The van der Waals surface area contributed by atoms with Gasteiger partial charge in [-0.2, -0.15) is 0 Å². The molecule has 0 fully saturated rings. The van der Waals surface area contributed by atoms with Gasteiger partial charge in [-0.25, -0.2) is 12.8 Å². The zero-order chi connectivity index (χ0) is 16.3. The molecule has 0 unspecified atom stereocenters. The first kappa shape index (κ1) is 16.1. The zero-order valence-corrected chi connectivity index (χ0v) is 12.7. The minimum Gasteiger partial charge on any atom is -0.573 e. The molecule has 2 aromatic carbocycles. The molecule has 2 aromatic rings. The average molecular weight is 322 g/mol. The Morgan fingerprint density at radius 2 is 1.95 bits per heavy atom. The normalized spacial score (nSPS) is 11.2. The number of hydrogen-bond donors (Lipinski definition) is 1. The molecule has 0 heterocycles. The molecule has 0 radical (unpaired) electrons. The number of benzene rings is 2. The standard InChI is InChI=1S/C15H14FN2O3S/c1-10(19)12-3-2-4-13(8-12)18-22(20,21)15-7-11(9-17)5-6-14(15)16/h2-8H,9,17H2,1H3/q-1/p+1. The number of ketones is 1. The van der Waals surface area contributed by atoms with E-state index in [1.54, 1.807) is 6.07 Å². The second-order valence-electron chi connectivity index (χ2n) is 4.69. The molecule has 0 aliphatic carbocycles. The number of carbonyl (C=O) groups excluding carboxylic acids is 1. The molecule has 0 spiro atoms. The lowest BCUT2D eigenvalue weighted by Gasteiger charge is -2.22. The summed E-state index contributed by atoms with van der Waals surface area (Å²) in [4.78, 5) is 10.8. The van der Waals surface area contributed by atoms with E-state index in [1.807, 2.05) is 0 Å². The first-order valence-electron chi connectivity index (χ1n) is 6.50. The molecular formula is C15H15FN2O3S. The summed E-state index contributed by atoms with van der Waals surface area (Å²) in [5, 5.41) is 0. The molecule has 0 bridgehead atoms. The lowest BCUT2D eigenvalue weighted by molar-refractivity contribution is -0.386. The van der Waals surface area contributed by atoms with Crippen LogP contribution in [0.1, 0.15) is 22.8 Å². The van der Waals surface area contributed by atoms with Crippen molar-refractivity contribution in [2.24, 2.45) is 0 Å². The van der Waals surface area contributed by atoms with E-state index >= 15 is 0 Å². The van der Waals surface area contributed by atoms with Crippen LogP contribution in [0.5, 0.6) is 0 Å². The maximum absolute atomic E-state index is 13.8. The molecule has 22 heavy (non-hydrogen) atoms. The van der Waals surface area contributed by atoms with Crippen LogP contribution in [-0.2, 0) is 16.6 Å². The molecule has 0 aliphatic heterocycles. The molecule has 0 saturated carbocycles. The van der Waals surface area contributed by atoms with E-state index in [-0.39, 0.29) is 11.5 Å². The van der Waals surface area contributed by atoms with Gasteiger partial charge in [0.15, 0.2) is 5.78 Å². The predicted octanol–water partition coefficient (Wildman–Crippen LogP) is 2.16. The Bertz CT molecular complexity index is 819. The summed E-state index contributed by atoms with van der Waals surface area (Å²) in [6, 6.07) is 9.63. The Kier molecular flexibility index (Phi) is 4.58. The summed E-state index contributed by atoms with van der Waals surface area (Å²) in [5.74, 6) is -1.08. The Morgan fingerprint density at radius 3 is 2.59 bits per heavy atom. The van der Waals surface area contributed by atoms with Gasteiger partial charge in [0.2, 0.25) is 0 Å². The van der Waals surface area contributed by atoms with Crippen molar-refractivity contribution >= 4 is 21.5 Å². The van der Waals surface area contributed by atoms with Crippen LogP contribution < -0.4 is 5.73 Å². The van der Waals surface area contributed by atoms with E-state index in [9.17, 15) is 17.6 Å². The van der Waals surface area contributed by atoms with Crippen molar-refractivity contribution < 1.29 is 23.3 Å². The number of hydrogen-bond acceptors (Lipinski definition) is 3. The lowest BCUT2D eigenvalue weighted by Crippen LogP contribution is -2.47. The van der Waals surface area contributed by atoms with Crippen LogP contribution in [0, 0.1) is 5.82 Å². The molecule has 0 amide bonds. The van der Waals surface area contributed by atoms with Crippen LogP contribution in [0.4, 0.5) is 10.1 Å². The lowest BCUT2D eigenvalue weighted by atomic mass is 10.1. The van der Waals surface area contributed by atoms with Crippen molar-refractivity contribution in [2.75, 3.05) is 0 Å². The summed E-state index contributed by atoms with van der Waals surface area (Å²) in [5.41, 5.74) is 4.64. The van der Waals surface area contributed by atoms with Crippen LogP contribution >= 0.6 is 0 Å². The second-order valence-corrected chi connectivity index (χ2v) is 6.26. The largest absolute Gasteiger partial charge is 0.573 e. The third kappa shape index (κ3) is 3.49. The van der Waals surface area contributed by atoms with Crippen molar-refractivity contribution in [1.29, 1.82) is 0 Å². The highest BCUT2D eigenvalue weighted by Gasteiger charge is 2.13. The van der Waals surface area contributed by atoms with Crippen LogP contribution in [0.15, 0.2) is 47.4 Å². The third-order valence-corrected chi connectivity index (χ3v) is 4.36. The number of carbonyl (C=O) groups is 1. The molecule has 2 rings (SSSR count). The fourth-order valence-electron chi connectivity index (χ4n) is 1.87. The smallest absolute Gasteiger partial charge is 0.159 e. The fourth-order valence-corrected chi connectivity index (χ4v) is 2.97. The van der Waals surface area contributed by atoms with E-state index in [0.29, 0.717) is 17.7 Å². The fraction of sp³-hybridized carbons (Fsp3) is 0.133. The Labute approximate surface area is 128 Å². The minimum atomic E-state index is -4.21. The SMILES string of the molecule is CC(=O)c1cccc([N-]S(=O)(=O)c2cc(C[NH3+])ccc2F)c1. The van der Waals surface area contributed by atoms with Gasteiger partial charge in [0, 0.05) is 11.1 Å². The van der Waals surface area contributed by atoms with E-state index < -0.39 is 20.7 Å². The van der Waals surface area contributed by atoms with E-state index in [0.717, 1.165) is 6.07 Å². The first-order valence-corrected chi connectivity index (χ1v) is 7.94. The third-order valence-electron chi connectivity index (χ3n) is 3.04. The number of quaternary nitrogens is 1. The van der Waals surface area contributed by atoms with Gasteiger partial charge in [-0.05, 0) is 19.1 Å². The van der Waals surface area contributed by atoms with Gasteiger partial charge >= 0.3 is 0 Å². The minimum absolute atomic E-state index is 0.0760. The van der Waals surface area contributed by atoms with Gasteiger partial charge < -0.3 is 10.5 Å². The van der Waals surface area contributed by atoms with Gasteiger partial charge in [0.25, 0.3) is 0 Å². The van der Waals surface area contributed by atoms with Crippen LogP contribution in [0.2, 0.25) is 0 Å². The van der Waals surface area contributed by atoms with E-state index in [4.69, 9.17) is 0 Å². The number of Topliss-reactive ketones (excluding diaryl/α,β-unsaturated/α-hetero) is 1. The van der Waals surface area contributed by atoms with Crippen LogP contribution in [0.25, 0.3) is 4.72 Å². The van der Waals surface area contributed by atoms with Crippen molar-refractivity contribution in [2.45, 2.75) is 18.4 Å². The Hall–Kier alpha value is -2.25. The average Bonchev–Trinajstić information content (AvgIpc) is 2.47. The molecule has 7 heteroatoms. The molecule has 0 saturated heterocycles. The topological polar surface area (TPSA) is 93.0 Å². The molecule has 0 aliphatic rings. The maximum Gasteiger partial charge on any atom is 0.159 e. The highest BCUT2D eigenvalue weighted by atomic mass is 32.2. The number of sulfonamides is 1. The summed E-state index contributed by atoms with van der Waals surface area (Å²) >= 11 is 0. The summed E-state index contributed by atoms with van der Waals surface area (Å²) in [6.07, 6.45) is 0. The molecular weight excluding hydrogens is 307 g/mol. The van der Waals surface area contributed by atoms with Gasteiger partial charge in [-0.1, -0.05) is 30.3 Å². The predicted molar refractivity (Wildman–Crippen MR) is 79.6 cm³/mol. The van der Waals surface area contributed by atoms with Crippen LogP contribution in [-0.4, -0.2) is 14.2 Å². The van der Waals surface area contributed by atoms with Gasteiger partial charge in [-0.15, -0.1) is 5.69 Å². The molecule has 0 aromatic heterocycles. The summed E-state index contributed by atoms with van der Waals surface area (Å²) in [7, 11) is -4.21. The van der Waals surface area contributed by atoms with E-state index in [1.165, 1.54) is 37.3 Å². The molecule has 0 atom stereocenters. The van der Waals surface area contributed by atoms with Crippen molar-refractivity contribution in [3.63, 3.8) is 0 Å². The van der Waals surface area contributed by atoms with E-state index in [2.05, 4.69) is 10.5 Å². The number of nitrogens with zero attached hydrogens (tertiary/aromatic N) is 1. The van der Waals surface area contributed by atoms with Crippen molar-refractivity contribution in [3.05, 3.63) is 64.1 Å². The quantitative estimate of drug-likeness (QED) is 0.855. The van der Waals surface area contributed by atoms with Gasteiger partial charge in [-0.3, -0.25) is 4.79 Å². The molecule has 3 N–H and O–H groups in total. The monoisotopic (exact) mass is 322 g/mol. The van der Waals surface area contributed by atoms with Gasteiger partial charge in [0.1, 0.15) is 15.8 Å². The zero-order valence-electron chi connectivity index (χ0n) is 11.9. The highest BCUT2D eigenvalue weighted by molar-refractivity contribution is 7.94. The second kappa shape index (κ2) is 6.25. The number of halogens is 1. The maximum atomic E-state index is 13.8. The van der Waals surface area contributed by atoms with Crippen LogP contribution in [0.3, 0.4) is 0 Å². The summed E-state index contributed by atoms with van der Waals surface area (Å²) < 4.78 is 41.9. The van der Waals surface area contributed by atoms with Gasteiger partial charge in [0.05, 0.1) is 11.4 Å². The number of rotatable bonds is 5. The molecule has 5 nitrogen and oxygen atoms in total. The first-order chi connectivity index (χ1) is 10.3. The van der Waals surface area contributed by atoms with Crippen molar-refractivity contribution in [3.8, 4) is 0 Å².